The molecule has 0 fully saturated rings. The van der Waals surface area contributed by atoms with Gasteiger partial charge in [-0.3, -0.25) is 5.41 Å². The Bertz CT molecular complexity index is 801. The number of rotatable bonds is 2. The van der Waals surface area contributed by atoms with Crippen LogP contribution < -0.4 is 11.2 Å². The molecular formula is C16H17Cl3N4O. The number of nitrogens with one attached hydrogen (secondary N) is 2. The normalized spacial score (nSPS) is 18.0. The number of hydrogen-bond donors (Lipinski definition) is 3. The van der Waals surface area contributed by atoms with Crippen molar-refractivity contribution in [1.82, 2.24) is 5.43 Å². The van der Waals surface area contributed by atoms with Crippen LogP contribution in [-0.2, 0) is 6.42 Å². The number of guanidine groups is 1. The molecule has 1 aromatic carbocycles. The number of aryl methyl sites for hydroxylation is 1. The van der Waals surface area contributed by atoms with Gasteiger partial charge < -0.3 is 10.2 Å². The molecule has 0 bridgehead atoms. The van der Waals surface area contributed by atoms with Crippen LogP contribution in [0.1, 0.15) is 34.8 Å². The summed E-state index contributed by atoms with van der Waals surface area (Å²) in [6.07, 6.45) is 3.10. The van der Waals surface area contributed by atoms with Crippen LogP contribution in [0.4, 0.5) is 0 Å². The molecule has 24 heavy (non-hydrogen) atoms. The summed E-state index contributed by atoms with van der Waals surface area (Å²) in [7, 11) is 0. The SMILES string of the molecule is Cc1coc2c1/C(=N/NC(=N)N)CC(c1cccc(Cl)c1Cl)C2.Cl. The van der Waals surface area contributed by atoms with Crippen molar-refractivity contribution in [1.29, 1.82) is 5.41 Å². The van der Waals surface area contributed by atoms with E-state index in [0.29, 0.717) is 16.5 Å². The zero-order valence-corrected chi connectivity index (χ0v) is 15.2. The third kappa shape index (κ3) is 3.53. The van der Waals surface area contributed by atoms with E-state index < -0.39 is 0 Å². The number of nitrogens with two attached hydrogens (primary N) is 1. The minimum atomic E-state index is -0.205. The third-order valence-electron chi connectivity index (χ3n) is 3.94. The Balaban J connectivity index is 0.00000208. The van der Waals surface area contributed by atoms with Crippen molar-refractivity contribution in [2.75, 3.05) is 0 Å². The lowest BCUT2D eigenvalue weighted by Crippen LogP contribution is -2.29. The topological polar surface area (TPSA) is 87.4 Å². The van der Waals surface area contributed by atoms with Gasteiger partial charge in [-0.15, -0.1) is 12.4 Å². The summed E-state index contributed by atoms with van der Waals surface area (Å²) in [5.74, 6) is 0.758. The van der Waals surface area contributed by atoms with Gasteiger partial charge in [-0.25, -0.2) is 5.43 Å². The summed E-state index contributed by atoms with van der Waals surface area (Å²) < 4.78 is 5.68. The zero-order valence-electron chi connectivity index (χ0n) is 12.9. The standard InChI is InChI=1S/C16H16Cl2N4O.ClH/c1-8-7-23-13-6-9(10-3-2-4-11(17)15(10)18)5-12(14(8)13)21-22-16(19)20;/h2-4,7,9H,5-6H2,1H3,(H4,19,20,22);1H/b21-12+;. The van der Waals surface area contributed by atoms with E-state index >= 15 is 0 Å². The molecule has 0 saturated heterocycles. The molecule has 3 rings (SSSR count). The molecule has 1 unspecified atom stereocenters. The number of hydrogen-bond acceptors (Lipinski definition) is 3. The number of hydrazone groups is 1. The number of nitrogens with zero attached hydrogens (tertiary/aromatic N) is 1. The average Bonchev–Trinajstić information content (AvgIpc) is 2.89. The Morgan fingerprint density at radius 2 is 2.12 bits per heavy atom. The molecule has 0 amide bonds. The molecule has 4 N–H and O–H groups in total. The lowest BCUT2D eigenvalue weighted by atomic mass is 9.81. The summed E-state index contributed by atoms with van der Waals surface area (Å²) >= 11 is 12.5. The van der Waals surface area contributed by atoms with Gasteiger partial charge in [0.05, 0.1) is 22.0 Å². The van der Waals surface area contributed by atoms with Gasteiger partial charge in [0, 0.05) is 12.0 Å². The fourth-order valence-corrected chi connectivity index (χ4v) is 3.41. The van der Waals surface area contributed by atoms with Gasteiger partial charge >= 0.3 is 0 Å². The quantitative estimate of drug-likeness (QED) is 0.409. The van der Waals surface area contributed by atoms with Gasteiger partial charge in [0.2, 0.25) is 5.96 Å². The van der Waals surface area contributed by atoms with Crippen LogP contribution in [0.2, 0.25) is 10.0 Å². The summed E-state index contributed by atoms with van der Waals surface area (Å²) in [4.78, 5) is 0. The molecule has 5 nitrogen and oxygen atoms in total. The van der Waals surface area contributed by atoms with Crippen molar-refractivity contribution in [3.63, 3.8) is 0 Å². The van der Waals surface area contributed by atoms with Crippen LogP contribution in [0, 0.1) is 12.3 Å². The van der Waals surface area contributed by atoms with Crippen molar-refractivity contribution in [2.24, 2.45) is 10.8 Å². The summed E-state index contributed by atoms with van der Waals surface area (Å²) in [6, 6.07) is 5.62. The molecule has 1 atom stereocenters. The van der Waals surface area contributed by atoms with E-state index in [1.54, 1.807) is 12.3 Å². The second kappa shape index (κ2) is 7.47. The Morgan fingerprint density at radius 3 is 2.83 bits per heavy atom. The minimum Gasteiger partial charge on any atom is -0.468 e. The molecular weight excluding hydrogens is 371 g/mol. The van der Waals surface area contributed by atoms with Gasteiger partial charge in [-0.05, 0) is 36.5 Å². The van der Waals surface area contributed by atoms with Crippen LogP contribution >= 0.6 is 35.6 Å². The van der Waals surface area contributed by atoms with Crippen LogP contribution in [0.25, 0.3) is 0 Å². The van der Waals surface area contributed by atoms with Crippen LogP contribution in [0.5, 0.6) is 0 Å². The maximum Gasteiger partial charge on any atom is 0.206 e. The first-order valence-electron chi connectivity index (χ1n) is 7.15. The first-order valence-corrected chi connectivity index (χ1v) is 7.90. The summed E-state index contributed by atoms with van der Waals surface area (Å²) in [5.41, 5.74) is 11.6. The summed E-state index contributed by atoms with van der Waals surface area (Å²) in [5, 5.41) is 12.6. The van der Waals surface area contributed by atoms with E-state index in [9.17, 15) is 0 Å². The zero-order chi connectivity index (χ0) is 16.6. The monoisotopic (exact) mass is 386 g/mol. The highest BCUT2D eigenvalue weighted by Gasteiger charge is 2.30. The smallest absolute Gasteiger partial charge is 0.206 e. The molecule has 2 aromatic rings. The highest BCUT2D eigenvalue weighted by atomic mass is 35.5. The third-order valence-corrected chi connectivity index (χ3v) is 4.78. The van der Waals surface area contributed by atoms with Crippen molar-refractivity contribution in [2.45, 2.75) is 25.7 Å². The van der Waals surface area contributed by atoms with Crippen molar-refractivity contribution in [3.8, 4) is 0 Å². The number of fused-ring (bicyclic) bond motifs is 1. The Hall–Kier alpha value is -1.69. The van der Waals surface area contributed by atoms with Crippen molar-refractivity contribution < 1.29 is 4.42 Å². The van der Waals surface area contributed by atoms with E-state index in [1.807, 2.05) is 19.1 Å². The molecule has 128 valence electrons. The molecule has 1 heterocycles. The summed E-state index contributed by atoms with van der Waals surface area (Å²) in [6.45, 7) is 1.97. The average molecular weight is 388 g/mol. The first-order chi connectivity index (χ1) is 11.0. The van der Waals surface area contributed by atoms with E-state index in [-0.39, 0.29) is 24.3 Å². The molecule has 0 aliphatic heterocycles. The van der Waals surface area contributed by atoms with Gasteiger partial charge in [-0.1, -0.05) is 35.3 Å². The lowest BCUT2D eigenvalue weighted by Gasteiger charge is -2.24. The van der Waals surface area contributed by atoms with Gasteiger partial charge in [0.1, 0.15) is 5.76 Å². The Labute approximate surface area is 156 Å². The molecule has 0 spiro atoms. The predicted octanol–water partition coefficient (Wildman–Crippen LogP) is 4.23. The predicted molar refractivity (Wildman–Crippen MR) is 99.8 cm³/mol. The van der Waals surface area contributed by atoms with Crippen molar-refractivity contribution >= 4 is 47.3 Å². The highest BCUT2D eigenvalue weighted by molar-refractivity contribution is 6.42. The van der Waals surface area contributed by atoms with Gasteiger partial charge in [0.15, 0.2) is 0 Å². The molecule has 1 aromatic heterocycles. The molecule has 1 aliphatic carbocycles. The minimum absolute atomic E-state index is 0. The van der Waals surface area contributed by atoms with E-state index in [4.69, 9.17) is 38.8 Å². The number of furan rings is 1. The largest absolute Gasteiger partial charge is 0.468 e. The molecule has 1 aliphatic rings. The van der Waals surface area contributed by atoms with Crippen LogP contribution in [-0.4, -0.2) is 11.7 Å². The van der Waals surface area contributed by atoms with Crippen LogP contribution in [0.3, 0.4) is 0 Å². The van der Waals surface area contributed by atoms with Gasteiger partial charge in [-0.2, -0.15) is 5.10 Å². The second-order valence-electron chi connectivity index (χ2n) is 5.55. The first kappa shape index (κ1) is 18.6. The lowest BCUT2D eigenvalue weighted by molar-refractivity contribution is 0.480. The molecule has 0 saturated carbocycles. The maximum absolute atomic E-state index is 7.29. The highest BCUT2D eigenvalue weighted by Crippen LogP contribution is 2.39. The number of halogens is 3. The van der Waals surface area contributed by atoms with E-state index in [2.05, 4.69) is 10.5 Å². The van der Waals surface area contributed by atoms with Gasteiger partial charge in [0.25, 0.3) is 0 Å². The Kier molecular flexibility index (Phi) is 5.80. The fraction of sp³-hybridized carbons (Fsp3) is 0.250. The maximum atomic E-state index is 7.29. The van der Waals surface area contributed by atoms with E-state index in [1.165, 1.54) is 0 Å². The van der Waals surface area contributed by atoms with Crippen molar-refractivity contribution in [3.05, 3.63) is 57.0 Å². The van der Waals surface area contributed by atoms with E-state index in [0.717, 1.165) is 34.6 Å². The fourth-order valence-electron chi connectivity index (χ4n) is 2.95. The molecule has 0 radical (unpaired) electrons. The molecule has 8 heteroatoms. The second-order valence-corrected chi connectivity index (χ2v) is 6.33. The number of benzene rings is 1. The van der Waals surface area contributed by atoms with Crippen LogP contribution in [0.15, 0.2) is 34.0 Å². The Morgan fingerprint density at radius 1 is 1.38 bits per heavy atom.